The van der Waals surface area contributed by atoms with E-state index in [1.54, 1.807) is 62.4 Å². The Bertz CT molecular complexity index is 913. The molecule has 0 unspecified atom stereocenters. The topological polar surface area (TPSA) is 89.5 Å². The van der Waals surface area contributed by atoms with E-state index in [1.165, 1.54) is 6.92 Å². The van der Waals surface area contributed by atoms with Crippen molar-refractivity contribution in [3.8, 4) is 0 Å². The predicted octanol–water partition coefficient (Wildman–Crippen LogP) is 3.35. The van der Waals surface area contributed by atoms with Gasteiger partial charge in [-0.1, -0.05) is 67.2 Å². The first-order valence-electron chi connectivity index (χ1n) is 9.63. The van der Waals surface area contributed by atoms with Crippen LogP contribution in [0.2, 0.25) is 0 Å². The second kappa shape index (κ2) is 11.3. The molecule has 7 heteroatoms. The number of hydrogen-bond acceptors (Lipinski definition) is 6. The zero-order valence-electron chi connectivity index (χ0n) is 17.2. The van der Waals surface area contributed by atoms with Crippen LogP contribution in [0.15, 0.2) is 54.6 Å². The van der Waals surface area contributed by atoms with E-state index in [1.807, 2.05) is 6.07 Å². The molecule has 30 heavy (non-hydrogen) atoms. The summed E-state index contributed by atoms with van der Waals surface area (Å²) < 4.78 is 4.95. The van der Waals surface area contributed by atoms with Crippen LogP contribution in [-0.2, 0) is 19.1 Å². The molecule has 0 aromatic heterocycles. The van der Waals surface area contributed by atoms with Gasteiger partial charge >= 0.3 is 5.97 Å². The van der Waals surface area contributed by atoms with Gasteiger partial charge in [-0.15, -0.1) is 0 Å². The molecule has 2 rings (SSSR count). The molecule has 0 heterocycles. The SMILES string of the molecule is CCOC(=O)[C@@H](CSC(=O)[C@@H](C)c1cccc(C(=O)c2ccccc2)c1)NC(C)=O. The Hall–Kier alpha value is -2.93. The molecule has 0 aliphatic rings. The molecule has 1 amide bonds. The van der Waals surface area contributed by atoms with Crippen molar-refractivity contribution in [3.05, 3.63) is 71.3 Å². The van der Waals surface area contributed by atoms with Gasteiger partial charge in [-0.05, 0) is 18.6 Å². The lowest BCUT2D eigenvalue weighted by Crippen LogP contribution is -2.43. The van der Waals surface area contributed by atoms with Crippen molar-refractivity contribution in [1.82, 2.24) is 5.32 Å². The fourth-order valence-electron chi connectivity index (χ4n) is 2.79. The van der Waals surface area contributed by atoms with Crippen molar-refractivity contribution < 1.29 is 23.9 Å². The predicted molar refractivity (Wildman–Crippen MR) is 116 cm³/mol. The van der Waals surface area contributed by atoms with Crippen LogP contribution in [-0.4, -0.2) is 41.2 Å². The molecule has 0 bridgehead atoms. The largest absolute Gasteiger partial charge is 0.464 e. The Morgan fingerprint density at radius 1 is 1.00 bits per heavy atom. The minimum absolute atomic E-state index is 0.0736. The molecular weight excluding hydrogens is 402 g/mol. The van der Waals surface area contributed by atoms with Crippen molar-refractivity contribution in [3.63, 3.8) is 0 Å². The van der Waals surface area contributed by atoms with E-state index in [9.17, 15) is 19.2 Å². The molecule has 0 aliphatic heterocycles. The Morgan fingerprint density at radius 2 is 1.67 bits per heavy atom. The van der Waals surface area contributed by atoms with Crippen molar-refractivity contribution in [2.75, 3.05) is 12.4 Å². The fraction of sp³-hybridized carbons (Fsp3) is 0.304. The summed E-state index contributed by atoms with van der Waals surface area (Å²) in [6, 6.07) is 15.0. The van der Waals surface area contributed by atoms with Crippen LogP contribution in [0.5, 0.6) is 0 Å². The second-order valence-corrected chi connectivity index (χ2v) is 7.70. The van der Waals surface area contributed by atoms with Crippen molar-refractivity contribution in [1.29, 1.82) is 0 Å². The summed E-state index contributed by atoms with van der Waals surface area (Å²) in [5.74, 6) is -1.47. The number of ether oxygens (including phenoxy) is 1. The van der Waals surface area contributed by atoms with Gasteiger partial charge < -0.3 is 10.1 Å². The van der Waals surface area contributed by atoms with E-state index in [2.05, 4.69) is 5.32 Å². The van der Waals surface area contributed by atoms with Gasteiger partial charge in [0.05, 0.1) is 12.5 Å². The van der Waals surface area contributed by atoms with Gasteiger partial charge in [0.15, 0.2) is 10.9 Å². The number of esters is 1. The summed E-state index contributed by atoms with van der Waals surface area (Å²) in [6.07, 6.45) is 0. The van der Waals surface area contributed by atoms with Crippen LogP contribution in [0.3, 0.4) is 0 Å². The molecule has 158 valence electrons. The summed E-state index contributed by atoms with van der Waals surface area (Å²) in [6.45, 7) is 4.91. The van der Waals surface area contributed by atoms with Crippen LogP contribution >= 0.6 is 11.8 Å². The third-order valence-corrected chi connectivity index (χ3v) is 5.52. The monoisotopic (exact) mass is 427 g/mol. The van der Waals surface area contributed by atoms with E-state index in [0.717, 1.165) is 11.8 Å². The molecule has 0 aliphatic carbocycles. The van der Waals surface area contributed by atoms with Gasteiger partial charge in [-0.2, -0.15) is 0 Å². The number of ketones is 1. The lowest BCUT2D eigenvalue weighted by atomic mass is 9.96. The number of hydrogen-bond donors (Lipinski definition) is 1. The van der Waals surface area contributed by atoms with E-state index in [4.69, 9.17) is 4.74 Å². The zero-order valence-corrected chi connectivity index (χ0v) is 18.0. The molecule has 6 nitrogen and oxygen atoms in total. The number of nitrogens with one attached hydrogen (secondary N) is 1. The average molecular weight is 428 g/mol. The molecule has 0 fully saturated rings. The summed E-state index contributed by atoms with van der Waals surface area (Å²) in [7, 11) is 0. The van der Waals surface area contributed by atoms with Gasteiger partial charge in [0.1, 0.15) is 6.04 Å². The van der Waals surface area contributed by atoms with Gasteiger partial charge in [0.2, 0.25) is 5.91 Å². The number of carbonyl (C=O) groups is 4. The number of carbonyl (C=O) groups excluding carboxylic acids is 4. The van der Waals surface area contributed by atoms with E-state index in [-0.39, 0.29) is 29.2 Å². The number of benzene rings is 2. The Labute approximate surface area is 180 Å². The lowest BCUT2D eigenvalue weighted by molar-refractivity contribution is -0.146. The Balaban J connectivity index is 2.07. The maximum Gasteiger partial charge on any atom is 0.329 e. The van der Waals surface area contributed by atoms with E-state index in [0.29, 0.717) is 16.7 Å². The average Bonchev–Trinajstić information content (AvgIpc) is 2.75. The first-order valence-corrected chi connectivity index (χ1v) is 10.6. The Kier molecular flexibility index (Phi) is 8.80. The minimum Gasteiger partial charge on any atom is -0.464 e. The first-order chi connectivity index (χ1) is 14.3. The normalized spacial score (nSPS) is 12.5. The lowest BCUT2D eigenvalue weighted by Gasteiger charge is -2.17. The molecule has 0 spiro atoms. The summed E-state index contributed by atoms with van der Waals surface area (Å²) >= 11 is 0.955. The molecule has 2 aromatic rings. The van der Waals surface area contributed by atoms with Gasteiger partial charge in [-0.25, -0.2) is 4.79 Å². The van der Waals surface area contributed by atoms with Gasteiger partial charge in [-0.3, -0.25) is 14.4 Å². The standard InChI is InChI=1S/C23H25NO5S/c1-4-29-22(27)20(24-16(3)25)14-30-23(28)15(2)18-11-8-12-19(13-18)21(26)17-9-6-5-7-10-17/h5-13,15,20H,4,14H2,1-3H3,(H,24,25)/t15-,20+/m0/s1. The van der Waals surface area contributed by atoms with Gasteiger partial charge in [0.25, 0.3) is 0 Å². The minimum atomic E-state index is -0.894. The van der Waals surface area contributed by atoms with Crippen LogP contribution < -0.4 is 5.32 Å². The quantitative estimate of drug-likeness (QED) is 0.488. The number of amides is 1. The van der Waals surface area contributed by atoms with Crippen LogP contribution in [0.1, 0.15) is 48.2 Å². The number of thioether (sulfide) groups is 1. The maximum absolute atomic E-state index is 12.7. The van der Waals surface area contributed by atoms with Crippen LogP contribution in [0, 0.1) is 0 Å². The number of rotatable bonds is 9. The molecule has 0 saturated heterocycles. The second-order valence-electron chi connectivity index (χ2n) is 6.68. The molecule has 1 N–H and O–H groups in total. The molecular formula is C23H25NO5S. The Morgan fingerprint density at radius 3 is 2.30 bits per heavy atom. The van der Waals surface area contributed by atoms with E-state index >= 15 is 0 Å². The molecule has 0 radical (unpaired) electrons. The zero-order chi connectivity index (χ0) is 22.1. The summed E-state index contributed by atoms with van der Waals surface area (Å²) in [5.41, 5.74) is 1.79. The highest BCUT2D eigenvalue weighted by molar-refractivity contribution is 8.13. The highest BCUT2D eigenvalue weighted by Crippen LogP contribution is 2.24. The summed E-state index contributed by atoms with van der Waals surface area (Å²) in [4.78, 5) is 48.7. The molecule has 0 saturated carbocycles. The third kappa shape index (κ3) is 6.56. The van der Waals surface area contributed by atoms with Crippen LogP contribution in [0.25, 0.3) is 0 Å². The third-order valence-electron chi connectivity index (χ3n) is 4.38. The van der Waals surface area contributed by atoms with Crippen molar-refractivity contribution in [2.45, 2.75) is 32.7 Å². The summed E-state index contributed by atoms with van der Waals surface area (Å²) in [5, 5.41) is 2.34. The van der Waals surface area contributed by atoms with Crippen molar-refractivity contribution >= 4 is 34.5 Å². The first kappa shape index (κ1) is 23.3. The van der Waals surface area contributed by atoms with E-state index < -0.39 is 17.9 Å². The van der Waals surface area contributed by atoms with Gasteiger partial charge in [0, 0.05) is 23.8 Å². The van der Waals surface area contributed by atoms with Crippen molar-refractivity contribution in [2.24, 2.45) is 0 Å². The maximum atomic E-state index is 12.7. The highest BCUT2D eigenvalue weighted by Gasteiger charge is 2.24. The smallest absolute Gasteiger partial charge is 0.329 e. The molecule has 2 aromatic carbocycles. The highest BCUT2D eigenvalue weighted by atomic mass is 32.2. The fourth-order valence-corrected chi connectivity index (χ4v) is 3.73. The molecule has 2 atom stereocenters. The van der Waals surface area contributed by atoms with Crippen LogP contribution in [0.4, 0.5) is 0 Å².